The van der Waals surface area contributed by atoms with Crippen molar-refractivity contribution in [1.29, 1.82) is 0 Å². The Morgan fingerprint density at radius 3 is 2.67 bits per heavy atom. The van der Waals surface area contributed by atoms with Crippen LogP contribution in [0.2, 0.25) is 10.0 Å². The molecule has 2 aromatic carbocycles. The molecular formula is C18H15Cl2F2N5O2S. The van der Waals surface area contributed by atoms with Crippen LogP contribution in [0, 0.1) is 0 Å². The maximum Gasteiger partial charge on any atom is 0.387 e. The Bertz CT molecular complexity index is 1070. The summed E-state index contributed by atoms with van der Waals surface area (Å²) in [4.78, 5) is 12.5. The van der Waals surface area contributed by atoms with E-state index in [1.807, 2.05) is 0 Å². The van der Waals surface area contributed by atoms with Gasteiger partial charge in [-0.3, -0.25) is 4.79 Å². The van der Waals surface area contributed by atoms with Crippen LogP contribution in [0.1, 0.15) is 6.92 Å². The zero-order valence-corrected chi connectivity index (χ0v) is 17.7. The van der Waals surface area contributed by atoms with Crippen LogP contribution in [0.25, 0.3) is 11.4 Å². The molecule has 12 heteroatoms. The number of nitrogens with two attached hydrogens (primary N) is 1. The standard InChI is InChI=1S/C18H15Cl2F2N5O2S/c1-9(16(28)24-13-4-2-3-5-14(13)29-17(21)22)30-18-26-25-15(27(18)23)11-7-6-10(19)8-12(11)20/h2-9,17H,23H2,1H3,(H,24,28). The van der Waals surface area contributed by atoms with Crippen LogP contribution < -0.4 is 15.9 Å². The molecule has 1 heterocycles. The van der Waals surface area contributed by atoms with Crippen LogP contribution in [-0.2, 0) is 4.79 Å². The molecule has 158 valence electrons. The van der Waals surface area contributed by atoms with E-state index in [1.165, 1.54) is 22.9 Å². The summed E-state index contributed by atoms with van der Waals surface area (Å²) in [5.41, 5.74) is 0.649. The molecule has 0 aliphatic heterocycles. The number of nitrogens with one attached hydrogen (secondary N) is 1. The van der Waals surface area contributed by atoms with Gasteiger partial charge in [-0.2, -0.15) is 8.78 Å². The van der Waals surface area contributed by atoms with Crippen LogP contribution in [0.3, 0.4) is 0 Å². The van der Waals surface area contributed by atoms with E-state index in [-0.39, 0.29) is 16.6 Å². The maximum absolute atomic E-state index is 12.5. The number of thioether (sulfide) groups is 1. The summed E-state index contributed by atoms with van der Waals surface area (Å²) in [5.74, 6) is 5.76. The number of hydrogen-bond acceptors (Lipinski definition) is 6. The largest absolute Gasteiger partial charge is 0.433 e. The molecule has 0 spiro atoms. The summed E-state index contributed by atoms with van der Waals surface area (Å²) in [5, 5.41) is 11.0. The third kappa shape index (κ3) is 5.13. The van der Waals surface area contributed by atoms with Gasteiger partial charge < -0.3 is 15.9 Å². The van der Waals surface area contributed by atoms with Crippen molar-refractivity contribution < 1.29 is 18.3 Å². The highest BCUT2D eigenvalue weighted by atomic mass is 35.5. The normalized spacial score (nSPS) is 12.1. The van der Waals surface area contributed by atoms with Gasteiger partial charge in [0, 0.05) is 10.6 Å². The van der Waals surface area contributed by atoms with Crippen molar-refractivity contribution in [1.82, 2.24) is 14.9 Å². The Balaban J connectivity index is 1.73. The van der Waals surface area contributed by atoms with Crippen LogP contribution in [0.4, 0.5) is 14.5 Å². The van der Waals surface area contributed by atoms with E-state index in [2.05, 4.69) is 20.3 Å². The van der Waals surface area contributed by atoms with Gasteiger partial charge in [-0.15, -0.1) is 10.2 Å². The average molecular weight is 474 g/mol. The molecule has 3 N–H and O–H groups in total. The fourth-order valence-corrected chi connectivity index (χ4v) is 3.69. The van der Waals surface area contributed by atoms with E-state index < -0.39 is 17.8 Å². The van der Waals surface area contributed by atoms with Gasteiger partial charge in [-0.1, -0.05) is 47.1 Å². The first-order valence-corrected chi connectivity index (χ1v) is 10.1. The number of carbonyl (C=O) groups is 1. The smallest absolute Gasteiger partial charge is 0.387 e. The van der Waals surface area contributed by atoms with Crippen molar-refractivity contribution in [3.05, 3.63) is 52.5 Å². The van der Waals surface area contributed by atoms with Gasteiger partial charge in [0.1, 0.15) is 5.75 Å². The summed E-state index contributed by atoms with van der Waals surface area (Å²) in [6.45, 7) is -1.40. The molecule has 1 amide bonds. The fourth-order valence-electron chi connectivity index (χ4n) is 2.43. The molecule has 0 saturated carbocycles. The number of ether oxygens (including phenoxy) is 1. The second kappa shape index (κ2) is 9.50. The number of amides is 1. The lowest BCUT2D eigenvalue weighted by Crippen LogP contribution is -2.24. The summed E-state index contributed by atoms with van der Waals surface area (Å²) in [6.07, 6.45) is 0. The molecule has 3 rings (SSSR count). The Hall–Kier alpha value is -2.56. The summed E-state index contributed by atoms with van der Waals surface area (Å²) >= 11 is 13.1. The lowest BCUT2D eigenvalue weighted by molar-refractivity contribution is -0.115. The lowest BCUT2D eigenvalue weighted by atomic mass is 10.2. The molecule has 7 nitrogen and oxygen atoms in total. The Morgan fingerprint density at radius 1 is 1.23 bits per heavy atom. The average Bonchev–Trinajstić information content (AvgIpc) is 3.03. The number of anilines is 1. The molecule has 3 aromatic rings. The first-order chi connectivity index (χ1) is 14.3. The van der Waals surface area contributed by atoms with Gasteiger partial charge >= 0.3 is 6.61 Å². The van der Waals surface area contributed by atoms with E-state index in [1.54, 1.807) is 31.2 Å². The van der Waals surface area contributed by atoms with Crippen LogP contribution in [-0.4, -0.2) is 32.6 Å². The van der Waals surface area contributed by atoms with Crippen molar-refractivity contribution >= 4 is 46.6 Å². The minimum absolute atomic E-state index is 0.123. The topological polar surface area (TPSA) is 95.1 Å². The number of alkyl halides is 2. The Kier molecular flexibility index (Phi) is 7.01. The number of carbonyl (C=O) groups excluding carboxylic acids is 1. The molecule has 0 aliphatic carbocycles. The number of rotatable bonds is 7. The van der Waals surface area contributed by atoms with Crippen LogP contribution in [0.15, 0.2) is 47.6 Å². The number of nitrogen functional groups attached to an aromatic ring is 1. The summed E-state index contributed by atoms with van der Waals surface area (Å²) in [6, 6.07) is 10.7. The zero-order chi connectivity index (χ0) is 21.8. The SMILES string of the molecule is CC(Sc1nnc(-c2ccc(Cl)cc2Cl)n1N)C(=O)Nc1ccccc1OC(F)F. The number of nitrogens with zero attached hydrogens (tertiary/aromatic N) is 3. The second-order valence-electron chi connectivity index (χ2n) is 5.92. The third-order valence-corrected chi connectivity index (χ3v) is 5.45. The van der Waals surface area contributed by atoms with Crippen LogP contribution in [0.5, 0.6) is 5.75 Å². The highest BCUT2D eigenvalue weighted by Gasteiger charge is 2.22. The van der Waals surface area contributed by atoms with E-state index >= 15 is 0 Å². The quantitative estimate of drug-likeness (QED) is 0.381. The van der Waals surface area contributed by atoms with E-state index in [0.717, 1.165) is 11.8 Å². The van der Waals surface area contributed by atoms with Gasteiger partial charge in [0.2, 0.25) is 11.1 Å². The zero-order valence-electron chi connectivity index (χ0n) is 15.4. The predicted octanol–water partition coefficient (Wildman–Crippen LogP) is 4.69. The van der Waals surface area contributed by atoms with Crippen molar-refractivity contribution in [2.75, 3.05) is 11.2 Å². The van der Waals surface area contributed by atoms with Crippen molar-refractivity contribution in [3.8, 4) is 17.1 Å². The minimum Gasteiger partial charge on any atom is -0.433 e. The Morgan fingerprint density at radius 2 is 1.97 bits per heavy atom. The highest BCUT2D eigenvalue weighted by Crippen LogP contribution is 2.32. The number of para-hydroxylation sites is 2. The molecule has 0 radical (unpaired) electrons. The molecule has 0 bridgehead atoms. The molecule has 0 aliphatic rings. The fraction of sp³-hybridized carbons (Fsp3) is 0.167. The molecule has 1 unspecified atom stereocenters. The third-order valence-electron chi connectivity index (χ3n) is 3.85. The molecule has 0 fully saturated rings. The first kappa shape index (κ1) is 22.1. The van der Waals surface area contributed by atoms with Crippen molar-refractivity contribution in [3.63, 3.8) is 0 Å². The van der Waals surface area contributed by atoms with E-state index in [9.17, 15) is 13.6 Å². The minimum atomic E-state index is -3.01. The van der Waals surface area contributed by atoms with Crippen LogP contribution >= 0.6 is 35.0 Å². The van der Waals surface area contributed by atoms with Gasteiger partial charge in [-0.05, 0) is 37.3 Å². The number of benzene rings is 2. The van der Waals surface area contributed by atoms with Crippen molar-refractivity contribution in [2.45, 2.75) is 23.9 Å². The van der Waals surface area contributed by atoms with Gasteiger partial charge in [0.15, 0.2) is 5.82 Å². The molecule has 1 aromatic heterocycles. The molecule has 0 saturated heterocycles. The van der Waals surface area contributed by atoms with E-state index in [4.69, 9.17) is 29.0 Å². The summed E-state index contributed by atoms with van der Waals surface area (Å²) < 4.78 is 30.7. The predicted molar refractivity (Wildman–Crippen MR) is 113 cm³/mol. The highest BCUT2D eigenvalue weighted by molar-refractivity contribution is 8.00. The molecule has 1 atom stereocenters. The Labute approximate surface area is 184 Å². The second-order valence-corrected chi connectivity index (χ2v) is 8.08. The number of halogens is 4. The molecule has 30 heavy (non-hydrogen) atoms. The van der Waals surface area contributed by atoms with Gasteiger partial charge in [0.05, 0.1) is 16.0 Å². The van der Waals surface area contributed by atoms with Crippen molar-refractivity contribution in [2.24, 2.45) is 0 Å². The number of hydrogen-bond donors (Lipinski definition) is 2. The summed E-state index contributed by atoms with van der Waals surface area (Å²) in [7, 11) is 0. The van der Waals surface area contributed by atoms with Gasteiger partial charge in [-0.25, -0.2) is 4.68 Å². The first-order valence-electron chi connectivity index (χ1n) is 8.43. The number of aromatic nitrogens is 3. The van der Waals surface area contributed by atoms with E-state index in [0.29, 0.717) is 21.4 Å². The van der Waals surface area contributed by atoms with Gasteiger partial charge in [0.25, 0.3) is 0 Å². The monoisotopic (exact) mass is 473 g/mol. The lowest BCUT2D eigenvalue weighted by Gasteiger charge is -2.14. The maximum atomic E-state index is 12.5. The molecular weight excluding hydrogens is 459 g/mol.